The number of amides is 2. The zero-order chi connectivity index (χ0) is 35.5. The van der Waals surface area contributed by atoms with Crippen LogP contribution in [0.25, 0.3) is 0 Å². The number of thiazole rings is 2. The Morgan fingerprint density at radius 1 is 1.02 bits per heavy atom. The van der Waals surface area contributed by atoms with Gasteiger partial charge in [0, 0.05) is 48.7 Å². The summed E-state index contributed by atoms with van der Waals surface area (Å²) in [4.78, 5) is 40.1. The number of hydrogen-bond acceptors (Lipinski definition) is 11. The van der Waals surface area contributed by atoms with Gasteiger partial charge in [-0.3, -0.25) is 19.6 Å². The predicted molar refractivity (Wildman–Crippen MR) is 197 cm³/mol. The largest absolute Gasteiger partial charge is 0.444 e. The molecule has 0 aliphatic carbocycles. The van der Waals surface area contributed by atoms with Crippen LogP contribution in [0, 0.1) is 0 Å². The molecular formula is C37H49N7O4S2. The number of ether oxygens (including phenoxy) is 1. The molecule has 0 spiro atoms. The van der Waals surface area contributed by atoms with Crippen LogP contribution in [-0.4, -0.2) is 81.0 Å². The van der Waals surface area contributed by atoms with Gasteiger partial charge in [-0.05, 0) is 50.3 Å². The number of rotatable bonds is 17. The van der Waals surface area contributed by atoms with Gasteiger partial charge < -0.3 is 26.2 Å². The minimum Gasteiger partial charge on any atom is -0.444 e. The lowest BCUT2D eigenvalue weighted by molar-refractivity contribution is -0.142. The third-order valence-electron chi connectivity index (χ3n) is 8.85. The van der Waals surface area contributed by atoms with Crippen LogP contribution in [0.15, 0.2) is 77.8 Å². The molecule has 1 aliphatic rings. The minimum atomic E-state index is -1.01. The van der Waals surface area contributed by atoms with Gasteiger partial charge in [-0.25, -0.2) is 9.78 Å². The smallest absolute Gasteiger partial charge is 0.407 e. The molecule has 5 N–H and O–H groups in total. The van der Waals surface area contributed by atoms with Crippen molar-refractivity contribution in [1.82, 2.24) is 30.4 Å². The number of alkyl carbamates (subject to hydrolysis) is 1. The molecule has 0 saturated carbocycles. The molecule has 5 unspecified atom stereocenters. The normalized spacial score (nSPS) is 18.2. The number of aliphatic hydroxyl groups excluding tert-OH is 1. The molecule has 1 saturated heterocycles. The number of hydrogen-bond donors (Lipinski definition) is 4. The van der Waals surface area contributed by atoms with Crippen molar-refractivity contribution < 1.29 is 19.4 Å². The highest BCUT2D eigenvalue weighted by atomic mass is 32.1. The van der Waals surface area contributed by atoms with Gasteiger partial charge in [-0.1, -0.05) is 74.5 Å². The highest BCUT2D eigenvalue weighted by Crippen LogP contribution is 2.24. The predicted octanol–water partition coefficient (Wildman–Crippen LogP) is 4.88. The number of benzene rings is 2. The summed E-state index contributed by atoms with van der Waals surface area (Å²) in [5.74, 6) is 0.170. The molecule has 5 atom stereocenters. The van der Waals surface area contributed by atoms with E-state index in [-0.39, 0.29) is 30.6 Å². The molecule has 0 radical (unpaired) electrons. The van der Waals surface area contributed by atoms with Gasteiger partial charge in [0.2, 0.25) is 5.91 Å². The average Bonchev–Trinajstić information content (AvgIpc) is 3.89. The Morgan fingerprint density at radius 3 is 2.24 bits per heavy atom. The van der Waals surface area contributed by atoms with Gasteiger partial charge in [0.05, 0.1) is 27.1 Å². The van der Waals surface area contributed by atoms with E-state index in [1.807, 2.05) is 61.0 Å². The molecule has 2 aromatic heterocycles. The Bertz CT molecular complexity index is 1610. The first kappa shape index (κ1) is 37.5. The number of nitrogens with zero attached hydrogens (tertiary/aromatic N) is 4. The summed E-state index contributed by atoms with van der Waals surface area (Å²) in [6, 6.07) is 18.8. The SMILES string of the molecule is CC(C)c1nc(CN(C)C(O)N2CC(N)CC2C(=O)NC(CCC(Cc2ccccc2)NC(=O)OCc2cncs2)Cc2ccccc2)cs1. The van der Waals surface area contributed by atoms with Crippen molar-refractivity contribution in [3.05, 3.63) is 104 Å². The Kier molecular flexibility index (Phi) is 13.9. The van der Waals surface area contributed by atoms with E-state index in [0.29, 0.717) is 51.1 Å². The highest BCUT2D eigenvalue weighted by Gasteiger charge is 2.40. The van der Waals surface area contributed by atoms with Gasteiger partial charge in [0.25, 0.3) is 0 Å². The average molecular weight is 720 g/mol. The second kappa shape index (κ2) is 18.5. The molecule has 0 bridgehead atoms. The molecule has 1 aliphatic heterocycles. The summed E-state index contributed by atoms with van der Waals surface area (Å²) in [6.07, 6.45) is 3.07. The maximum atomic E-state index is 14.0. The Morgan fingerprint density at radius 2 is 1.66 bits per heavy atom. The number of likely N-dealkylation sites (tertiary alicyclic amines) is 1. The molecule has 268 valence electrons. The number of nitrogens with two attached hydrogens (primary N) is 1. The summed E-state index contributed by atoms with van der Waals surface area (Å²) in [5.41, 5.74) is 11.2. The zero-order valence-corrected chi connectivity index (χ0v) is 30.6. The van der Waals surface area contributed by atoms with E-state index in [1.165, 1.54) is 11.3 Å². The third kappa shape index (κ3) is 11.1. The van der Waals surface area contributed by atoms with E-state index < -0.39 is 18.5 Å². The molecule has 11 nitrogen and oxygen atoms in total. The summed E-state index contributed by atoms with van der Waals surface area (Å²) in [5, 5.41) is 20.9. The Balaban J connectivity index is 1.26. The molecule has 5 rings (SSSR count). The molecule has 1 fully saturated rings. The molecule has 2 amide bonds. The van der Waals surface area contributed by atoms with Crippen LogP contribution in [0.1, 0.15) is 65.7 Å². The van der Waals surface area contributed by atoms with Crippen LogP contribution >= 0.6 is 22.7 Å². The summed E-state index contributed by atoms with van der Waals surface area (Å²) in [7, 11) is 1.83. The lowest BCUT2D eigenvalue weighted by Crippen LogP contribution is -2.54. The maximum Gasteiger partial charge on any atom is 0.407 e. The standard InChI is InChI=1S/C37H49N7O4S2/c1-25(2)35-41-31(23-49-35)21-43(3)37(47)44-20-28(38)18-33(44)34(45)40-29(16-26-10-6-4-7-11-26)14-15-30(17-27-12-8-5-9-13-27)42-36(46)48-22-32-19-39-24-50-32/h4-13,19,23-25,28-30,33,37,47H,14-18,20-22,38H2,1-3H3,(H,40,45)(H,42,46). The Labute approximate surface area is 302 Å². The van der Waals surface area contributed by atoms with Crippen LogP contribution in [0.3, 0.4) is 0 Å². The van der Waals surface area contributed by atoms with Crippen LogP contribution in [0.2, 0.25) is 0 Å². The molecule has 13 heteroatoms. The van der Waals surface area contributed by atoms with E-state index in [1.54, 1.807) is 32.8 Å². The van der Waals surface area contributed by atoms with Crippen molar-refractivity contribution in [2.24, 2.45) is 5.73 Å². The van der Waals surface area contributed by atoms with Crippen molar-refractivity contribution in [3.63, 3.8) is 0 Å². The van der Waals surface area contributed by atoms with Crippen molar-refractivity contribution >= 4 is 34.7 Å². The first-order chi connectivity index (χ1) is 24.1. The van der Waals surface area contributed by atoms with Crippen molar-refractivity contribution in [2.75, 3.05) is 13.6 Å². The van der Waals surface area contributed by atoms with Crippen LogP contribution in [0.5, 0.6) is 0 Å². The highest BCUT2D eigenvalue weighted by molar-refractivity contribution is 7.09. The second-order valence-electron chi connectivity index (χ2n) is 13.3. The summed E-state index contributed by atoms with van der Waals surface area (Å²) < 4.78 is 5.50. The molecule has 3 heterocycles. The van der Waals surface area contributed by atoms with Crippen molar-refractivity contribution in [1.29, 1.82) is 0 Å². The number of aromatic nitrogens is 2. The zero-order valence-electron chi connectivity index (χ0n) is 29.0. The monoisotopic (exact) mass is 719 g/mol. The third-order valence-corrected chi connectivity index (χ3v) is 10.8. The quantitative estimate of drug-likeness (QED) is 0.112. The topological polar surface area (TPSA) is 146 Å². The van der Waals surface area contributed by atoms with Gasteiger partial charge in [-0.15, -0.1) is 22.7 Å². The summed E-state index contributed by atoms with van der Waals surface area (Å²) in [6.45, 7) is 5.23. The summed E-state index contributed by atoms with van der Waals surface area (Å²) >= 11 is 3.05. The van der Waals surface area contributed by atoms with E-state index >= 15 is 0 Å². The second-order valence-corrected chi connectivity index (χ2v) is 15.2. The fourth-order valence-electron chi connectivity index (χ4n) is 6.26. The molecule has 50 heavy (non-hydrogen) atoms. The number of carbonyl (C=O) groups is 2. The van der Waals surface area contributed by atoms with Gasteiger partial charge in [0.1, 0.15) is 6.61 Å². The first-order valence-corrected chi connectivity index (χ1v) is 18.9. The van der Waals surface area contributed by atoms with E-state index in [2.05, 4.69) is 41.6 Å². The number of aliphatic hydroxyl groups is 1. The van der Waals surface area contributed by atoms with E-state index in [0.717, 1.165) is 26.7 Å². The lowest BCUT2D eigenvalue weighted by Gasteiger charge is -2.34. The molecular weight excluding hydrogens is 671 g/mol. The minimum absolute atomic E-state index is 0.158. The lowest BCUT2D eigenvalue weighted by atomic mass is 9.95. The Hall–Kier alpha value is -3.72. The molecule has 4 aromatic rings. The van der Waals surface area contributed by atoms with Crippen LogP contribution in [0.4, 0.5) is 4.79 Å². The van der Waals surface area contributed by atoms with Gasteiger partial charge in [-0.2, -0.15) is 0 Å². The van der Waals surface area contributed by atoms with E-state index in [9.17, 15) is 14.7 Å². The van der Waals surface area contributed by atoms with Gasteiger partial charge >= 0.3 is 6.09 Å². The maximum absolute atomic E-state index is 14.0. The van der Waals surface area contributed by atoms with Crippen molar-refractivity contribution in [2.45, 2.75) is 95.5 Å². The number of nitrogens with one attached hydrogen (secondary N) is 2. The first-order valence-electron chi connectivity index (χ1n) is 17.2. The van der Waals surface area contributed by atoms with Crippen LogP contribution < -0.4 is 16.4 Å². The van der Waals surface area contributed by atoms with Crippen molar-refractivity contribution in [3.8, 4) is 0 Å². The molecule has 2 aromatic carbocycles. The number of carbonyl (C=O) groups excluding carboxylic acids is 2. The fraction of sp³-hybridized carbons (Fsp3) is 0.459. The van der Waals surface area contributed by atoms with Gasteiger partial charge in [0.15, 0.2) is 6.35 Å². The fourth-order valence-corrected chi connectivity index (χ4v) is 7.60. The van der Waals surface area contributed by atoms with Crippen LogP contribution in [-0.2, 0) is 35.5 Å². The van der Waals surface area contributed by atoms with E-state index in [4.69, 9.17) is 15.5 Å².